The quantitative estimate of drug-likeness (QED) is 0.651. The van der Waals surface area contributed by atoms with E-state index >= 15 is 0 Å². The van der Waals surface area contributed by atoms with Crippen LogP contribution in [0.15, 0.2) is 28.7 Å². The van der Waals surface area contributed by atoms with Crippen LogP contribution in [-0.2, 0) is 11.3 Å². The number of carboxylic acids is 1. The molecule has 1 fully saturated rings. The van der Waals surface area contributed by atoms with E-state index < -0.39 is 10.9 Å². The highest BCUT2D eigenvalue weighted by Gasteiger charge is 2.26. The zero-order valence-corrected chi connectivity index (χ0v) is 12.8. The van der Waals surface area contributed by atoms with Gasteiger partial charge in [-0.05, 0) is 31.5 Å². The number of non-ortho nitro benzene ring substituents is 1. The fraction of sp³-hybridized carbons (Fsp3) is 0.400. The van der Waals surface area contributed by atoms with E-state index in [2.05, 4.69) is 10.2 Å². The van der Waals surface area contributed by atoms with Crippen molar-refractivity contribution in [1.29, 1.82) is 0 Å². The Bertz CT molecular complexity index is 743. The van der Waals surface area contributed by atoms with Gasteiger partial charge in [0.15, 0.2) is 0 Å². The van der Waals surface area contributed by atoms with Crippen LogP contribution in [0.4, 0.5) is 5.69 Å². The minimum Gasteiger partial charge on any atom is -0.481 e. The predicted octanol–water partition coefficient (Wildman–Crippen LogP) is 1.94. The van der Waals surface area contributed by atoms with Crippen LogP contribution in [0.5, 0.6) is 0 Å². The molecule has 1 aliphatic rings. The second-order valence-electron chi connectivity index (χ2n) is 5.72. The minimum atomic E-state index is -0.781. The van der Waals surface area contributed by atoms with Gasteiger partial charge in [0.05, 0.1) is 17.4 Å². The summed E-state index contributed by atoms with van der Waals surface area (Å²) in [4.78, 5) is 23.3. The molecule has 9 heteroatoms. The van der Waals surface area contributed by atoms with Gasteiger partial charge in [-0.25, -0.2) is 0 Å². The van der Waals surface area contributed by atoms with Gasteiger partial charge in [-0.1, -0.05) is 0 Å². The molecular formula is C15H16N4O5. The van der Waals surface area contributed by atoms with E-state index in [-0.39, 0.29) is 17.5 Å². The van der Waals surface area contributed by atoms with Crippen LogP contribution in [0, 0.1) is 16.0 Å². The van der Waals surface area contributed by atoms with E-state index in [9.17, 15) is 14.9 Å². The highest BCUT2D eigenvalue weighted by molar-refractivity contribution is 5.70. The average molecular weight is 332 g/mol. The van der Waals surface area contributed by atoms with E-state index in [0.29, 0.717) is 31.0 Å². The molecule has 0 saturated carbocycles. The lowest BCUT2D eigenvalue weighted by atomic mass is 9.98. The summed E-state index contributed by atoms with van der Waals surface area (Å²) in [6.07, 6.45) is 1.50. The SMILES string of the molecule is O=C(O)C1CCCN(Cc2nnc(-c3ccc([N+](=O)[O-])cc3)o2)C1. The first-order chi connectivity index (χ1) is 11.5. The van der Waals surface area contributed by atoms with Gasteiger partial charge in [0.2, 0.25) is 11.8 Å². The molecule has 1 atom stereocenters. The van der Waals surface area contributed by atoms with Crippen LogP contribution in [0.3, 0.4) is 0 Å². The Morgan fingerprint density at radius 2 is 2.12 bits per heavy atom. The number of rotatable bonds is 5. The molecule has 24 heavy (non-hydrogen) atoms. The van der Waals surface area contributed by atoms with Crippen LogP contribution < -0.4 is 0 Å². The Balaban J connectivity index is 1.67. The molecule has 1 N–H and O–H groups in total. The fourth-order valence-electron chi connectivity index (χ4n) is 2.75. The lowest BCUT2D eigenvalue weighted by Crippen LogP contribution is -2.38. The molecule has 2 heterocycles. The van der Waals surface area contributed by atoms with Gasteiger partial charge in [-0.2, -0.15) is 0 Å². The summed E-state index contributed by atoms with van der Waals surface area (Å²) < 4.78 is 5.59. The maximum atomic E-state index is 11.1. The number of carboxylic acid groups (broad SMARTS) is 1. The molecule has 0 spiro atoms. The number of hydrogen-bond acceptors (Lipinski definition) is 7. The van der Waals surface area contributed by atoms with Gasteiger partial charge >= 0.3 is 5.97 Å². The first kappa shape index (κ1) is 16.1. The maximum Gasteiger partial charge on any atom is 0.307 e. The number of carbonyl (C=O) groups is 1. The number of likely N-dealkylation sites (tertiary alicyclic amines) is 1. The number of aromatic nitrogens is 2. The number of hydrogen-bond donors (Lipinski definition) is 1. The van der Waals surface area contributed by atoms with E-state index in [1.165, 1.54) is 12.1 Å². The summed E-state index contributed by atoms with van der Waals surface area (Å²) >= 11 is 0. The molecule has 1 unspecified atom stereocenters. The van der Waals surface area contributed by atoms with Crippen molar-refractivity contribution >= 4 is 11.7 Å². The molecule has 126 valence electrons. The number of nitrogens with zero attached hydrogens (tertiary/aromatic N) is 4. The largest absolute Gasteiger partial charge is 0.481 e. The number of benzene rings is 1. The Labute approximate surface area is 137 Å². The van der Waals surface area contributed by atoms with Crippen molar-refractivity contribution in [2.45, 2.75) is 19.4 Å². The number of nitro groups is 1. The topological polar surface area (TPSA) is 123 Å². The molecule has 0 bridgehead atoms. The van der Waals surface area contributed by atoms with E-state index in [4.69, 9.17) is 9.52 Å². The smallest absolute Gasteiger partial charge is 0.307 e. The van der Waals surface area contributed by atoms with Gasteiger partial charge in [0, 0.05) is 24.2 Å². The third-order valence-corrected chi connectivity index (χ3v) is 4.01. The summed E-state index contributed by atoms with van der Waals surface area (Å²) in [5.41, 5.74) is 0.591. The van der Waals surface area contributed by atoms with E-state index in [1.807, 2.05) is 4.90 Å². The van der Waals surface area contributed by atoms with Crippen molar-refractivity contribution in [3.63, 3.8) is 0 Å². The first-order valence-corrected chi connectivity index (χ1v) is 7.55. The molecule has 2 aromatic rings. The van der Waals surface area contributed by atoms with E-state index in [1.54, 1.807) is 12.1 Å². The standard InChI is InChI=1S/C15H16N4O5/c20-15(21)11-2-1-7-18(8-11)9-13-16-17-14(24-13)10-3-5-12(6-4-10)19(22)23/h3-6,11H,1-2,7-9H2,(H,20,21). The molecule has 0 aliphatic carbocycles. The van der Waals surface area contributed by atoms with Crippen molar-refractivity contribution in [3.05, 3.63) is 40.3 Å². The van der Waals surface area contributed by atoms with Crippen molar-refractivity contribution in [2.24, 2.45) is 5.92 Å². The molecule has 1 aliphatic heterocycles. The Kier molecular flexibility index (Phi) is 4.52. The van der Waals surface area contributed by atoms with Crippen LogP contribution in [0.1, 0.15) is 18.7 Å². The summed E-state index contributed by atoms with van der Waals surface area (Å²) in [5, 5.41) is 27.7. The normalized spacial score (nSPS) is 18.4. The van der Waals surface area contributed by atoms with Gasteiger partial charge in [-0.3, -0.25) is 19.8 Å². The third kappa shape index (κ3) is 3.57. The van der Waals surface area contributed by atoms with Gasteiger partial charge in [0.1, 0.15) is 0 Å². The second-order valence-corrected chi connectivity index (χ2v) is 5.72. The molecule has 1 aromatic carbocycles. The van der Waals surface area contributed by atoms with Gasteiger partial charge in [-0.15, -0.1) is 10.2 Å². The van der Waals surface area contributed by atoms with Crippen molar-refractivity contribution in [2.75, 3.05) is 13.1 Å². The third-order valence-electron chi connectivity index (χ3n) is 4.01. The monoisotopic (exact) mass is 332 g/mol. The number of aliphatic carboxylic acids is 1. The van der Waals surface area contributed by atoms with Gasteiger partial charge in [0.25, 0.3) is 5.69 Å². The summed E-state index contributed by atoms with van der Waals surface area (Å²) in [5.74, 6) is -0.464. The van der Waals surface area contributed by atoms with Gasteiger partial charge < -0.3 is 9.52 Å². The van der Waals surface area contributed by atoms with Crippen LogP contribution in [-0.4, -0.2) is 44.2 Å². The highest BCUT2D eigenvalue weighted by atomic mass is 16.6. The average Bonchev–Trinajstić information content (AvgIpc) is 3.03. The Hall–Kier alpha value is -2.81. The zero-order chi connectivity index (χ0) is 17.1. The van der Waals surface area contributed by atoms with Crippen molar-refractivity contribution in [3.8, 4) is 11.5 Å². The van der Waals surface area contributed by atoms with Crippen LogP contribution in [0.25, 0.3) is 11.5 Å². The molecular weight excluding hydrogens is 316 g/mol. The van der Waals surface area contributed by atoms with Crippen LogP contribution in [0.2, 0.25) is 0 Å². The Morgan fingerprint density at radius 3 is 2.79 bits per heavy atom. The minimum absolute atomic E-state index is 0.00785. The lowest BCUT2D eigenvalue weighted by molar-refractivity contribution is -0.384. The predicted molar refractivity (Wildman–Crippen MR) is 82.0 cm³/mol. The number of piperidine rings is 1. The lowest BCUT2D eigenvalue weighted by Gasteiger charge is -2.29. The molecule has 0 amide bonds. The summed E-state index contributed by atoms with van der Waals surface area (Å²) in [7, 11) is 0. The van der Waals surface area contributed by atoms with Crippen molar-refractivity contribution < 1.29 is 19.2 Å². The van der Waals surface area contributed by atoms with Crippen LogP contribution >= 0.6 is 0 Å². The molecule has 9 nitrogen and oxygen atoms in total. The number of nitro benzene ring substituents is 1. The second kappa shape index (κ2) is 6.75. The summed E-state index contributed by atoms with van der Waals surface area (Å²) in [6.45, 7) is 1.65. The first-order valence-electron chi connectivity index (χ1n) is 7.55. The molecule has 0 radical (unpaired) electrons. The molecule has 1 aromatic heterocycles. The van der Waals surface area contributed by atoms with E-state index in [0.717, 1.165) is 13.0 Å². The van der Waals surface area contributed by atoms with Crippen molar-refractivity contribution in [1.82, 2.24) is 15.1 Å². The molecule has 3 rings (SSSR count). The Morgan fingerprint density at radius 1 is 1.38 bits per heavy atom. The zero-order valence-electron chi connectivity index (χ0n) is 12.8. The maximum absolute atomic E-state index is 11.1. The highest BCUT2D eigenvalue weighted by Crippen LogP contribution is 2.23. The molecule has 1 saturated heterocycles. The summed E-state index contributed by atoms with van der Waals surface area (Å²) in [6, 6.07) is 5.86. The fourth-order valence-corrected chi connectivity index (χ4v) is 2.75.